The smallest absolute Gasteiger partial charge is 0.289 e. The second kappa shape index (κ2) is 6.16. The monoisotopic (exact) mass is 337 g/mol. The van der Waals surface area contributed by atoms with E-state index in [-0.39, 0.29) is 12.0 Å². The number of benzene rings is 2. The maximum absolute atomic E-state index is 12.8. The van der Waals surface area contributed by atoms with Crippen LogP contribution in [0, 0.1) is 6.92 Å². The van der Waals surface area contributed by atoms with Crippen LogP contribution in [0.2, 0.25) is 0 Å². The molecule has 25 heavy (non-hydrogen) atoms. The molecule has 0 aliphatic carbocycles. The van der Waals surface area contributed by atoms with Gasteiger partial charge in [0.1, 0.15) is 12.2 Å². The van der Waals surface area contributed by atoms with E-state index in [9.17, 15) is 4.79 Å². The van der Waals surface area contributed by atoms with Crippen molar-refractivity contribution in [2.45, 2.75) is 13.0 Å². The van der Waals surface area contributed by atoms with Gasteiger partial charge in [0, 0.05) is 18.0 Å². The summed E-state index contributed by atoms with van der Waals surface area (Å²) in [5.41, 5.74) is 1.58. The Morgan fingerprint density at radius 3 is 2.64 bits per heavy atom. The van der Waals surface area contributed by atoms with E-state index in [2.05, 4.69) is 0 Å². The van der Waals surface area contributed by atoms with Gasteiger partial charge in [0.2, 0.25) is 0 Å². The number of carbonyl (C=O) groups is 1. The molecule has 1 amide bonds. The highest BCUT2D eigenvalue weighted by Crippen LogP contribution is 2.31. The number of hydrogen-bond acceptors (Lipinski definition) is 4. The van der Waals surface area contributed by atoms with Crippen molar-refractivity contribution >= 4 is 16.9 Å². The predicted molar refractivity (Wildman–Crippen MR) is 94.3 cm³/mol. The van der Waals surface area contributed by atoms with Gasteiger partial charge in [-0.15, -0.1) is 0 Å². The first-order valence-electron chi connectivity index (χ1n) is 8.25. The number of furan rings is 1. The zero-order valence-corrected chi connectivity index (χ0v) is 14.2. The van der Waals surface area contributed by atoms with Crippen LogP contribution in [0.15, 0.2) is 52.9 Å². The SMILES string of the molecule is Cc1c(C(=O)N(C)C[C@H]2COc3ccccc3O2)oc2ccccc12. The number of aryl methyl sites for hydroxylation is 1. The van der Waals surface area contributed by atoms with Crippen molar-refractivity contribution in [3.05, 3.63) is 59.9 Å². The average molecular weight is 337 g/mol. The second-order valence-corrected chi connectivity index (χ2v) is 6.24. The van der Waals surface area contributed by atoms with Gasteiger partial charge in [-0.1, -0.05) is 30.3 Å². The summed E-state index contributed by atoms with van der Waals surface area (Å²) < 4.78 is 17.4. The van der Waals surface area contributed by atoms with E-state index in [1.165, 1.54) is 0 Å². The van der Waals surface area contributed by atoms with E-state index in [1.54, 1.807) is 11.9 Å². The van der Waals surface area contributed by atoms with Crippen LogP contribution in [0.5, 0.6) is 11.5 Å². The van der Waals surface area contributed by atoms with Gasteiger partial charge in [0.05, 0.1) is 6.54 Å². The first kappa shape index (κ1) is 15.6. The third kappa shape index (κ3) is 2.82. The Morgan fingerprint density at radius 1 is 1.12 bits per heavy atom. The largest absolute Gasteiger partial charge is 0.486 e. The number of nitrogens with zero attached hydrogens (tertiary/aromatic N) is 1. The molecular formula is C20H19NO4. The molecule has 0 unspecified atom stereocenters. The van der Waals surface area contributed by atoms with Crippen LogP contribution >= 0.6 is 0 Å². The van der Waals surface area contributed by atoms with Crippen molar-refractivity contribution in [3.8, 4) is 11.5 Å². The van der Waals surface area contributed by atoms with Crippen molar-refractivity contribution in [3.63, 3.8) is 0 Å². The van der Waals surface area contributed by atoms with E-state index in [0.717, 1.165) is 22.3 Å². The van der Waals surface area contributed by atoms with Crippen LogP contribution in [0.4, 0.5) is 0 Å². The van der Waals surface area contributed by atoms with E-state index < -0.39 is 0 Å². The van der Waals surface area contributed by atoms with E-state index >= 15 is 0 Å². The fraction of sp³-hybridized carbons (Fsp3) is 0.250. The lowest BCUT2D eigenvalue weighted by Gasteiger charge is -2.29. The molecule has 1 aliphatic heterocycles. The quantitative estimate of drug-likeness (QED) is 0.732. The van der Waals surface area contributed by atoms with Crippen LogP contribution in [0.1, 0.15) is 16.1 Å². The lowest BCUT2D eigenvalue weighted by Crippen LogP contribution is -2.41. The third-order valence-electron chi connectivity index (χ3n) is 4.43. The summed E-state index contributed by atoms with van der Waals surface area (Å²) in [6.45, 7) is 2.74. The van der Waals surface area contributed by atoms with Crippen molar-refractivity contribution in [1.82, 2.24) is 4.90 Å². The van der Waals surface area contributed by atoms with Crippen molar-refractivity contribution in [1.29, 1.82) is 0 Å². The fourth-order valence-electron chi connectivity index (χ4n) is 3.09. The molecule has 0 N–H and O–H groups in total. The molecule has 1 atom stereocenters. The van der Waals surface area contributed by atoms with Crippen molar-refractivity contribution in [2.24, 2.45) is 0 Å². The molecule has 3 aromatic rings. The maximum Gasteiger partial charge on any atom is 0.289 e. The zero-order valence-electron chi connectivity index (χ0n) is 14.2. The molecule has 128 valence electrons. The van der Waals surface area contributed by atoms with E-state index in [1.807, 2.05) is 55.5 Å². The molecule has 0 fully saturated rings. The highest BCUT2D eigenvalue weighted by Gasteiger charge is 2.26. The molecule has 0 radical (unpaired) electrons. The highest BCUT2D eigenvalue weighted by molar-refractivity contribution is 5.98. The summed E-state index contributed by atoms with van der Waals surface area (Å²) in [7, 11) is 1.75. The average Bonchev–Trinajstić information content (AvgIpc) is 2.98. The van der Waals surface area contributed by atoms with Gasteiger partial charge >= 0.3 is 0 Å². The molecule has 5 nitrogen and oxygen atoms in total. The topological polar surface area (TPSA) is 51.9 Å². The highest BCUT2D eigenvalue weighted by atomic mass is 16.6. The second-order valence-electron chi connectivity index (χ2n) is 6.24. The number of likely N-dealkylation sites (N-methyl/N-ethyl adjacent to an activating group) is 1. The Labute approximate surface area is 145 Å². The number of ether oxygens (including phenoxy) is 2. The fourth-order valence-corrected chi connectivity index (χ4v) is 3.09. The minimum absolute atomic E-state index is 0.156. The molecule has 0 spiro atoms. The molecule has 4 rings (SSSR count). The van der Waals surface area contributed by atoms with Crippen LogP contribution in [0.25, 0.3) is 11.0 Å². The molecule has 2 heterocycles. The maximum atomic E-state index is 12.8. The van der Waals surface area contributed by atoms with E-state index in [0.29, 0.717) is 24.7 Å². The Kier molecular flexibility index (Phi) is 3.84. The van der Waals surface area contributed by atoms with Crippen LogP contribution in [-0.2, 0) is 0 Å². The number of para-hydroxylation sites is 3. The number of fused-ring (bicyclic) bond motifs is 2. The molecule has 5 heteroatoms. The van der Waals surface area contributed by atoms with Crippen molar-refractivity contribution in [2.75, 3.05) is 20.2 Å². The summed E-state index contributed by atoms with van der Waals surface area (Å²) in [5, 5.41) is 0.963. The first-order chi connectivity index (χ1) is 12.1. The lowest BCUT2D eigenvalue weighted by atomic mass is 10.1. The number of amides is 1. The van der Waals surface area contributed by atoms with Gasteiger partial charge in [-0.05, 0) is 25.1 Å². The van der Waals surface area contributed by atoms with Gasteiger partial charge in [0.15, 0.2) is 23.4 Å². The number of carbonyl (C=O) groups excluding carboxylic acids is 1. The van der Waals surface area contributed by atoms with Crippen LogP contribution in [0.3, 0.4) is 0 Å². The molecule has 0 saturated heterocycles. The van der Waals surface area contributed by atoms with Gasteiger partial charge in [0.25, 0.3) is 5.91 Å². The third-order valence-corrected chi connectivity index (χ3v) is 4.43. The summed E-state index contributed by atoms with van der Waals surface area (Å²) in [5.74, 6) is 1.66. The molecular weight excluding hydrogens is 318 g/mol. The molecule has 0 bridgehead atoms. The first-order valence-corrected chi connectivity index (χ1v) is 8.25. The number of hydrogen-bond donors (Lipinski definition) is 0. The Balaban J connectivity index is 1.50. The minimum atomic E-state index is -0.214. The van der Waals surface area contributed by atoms with Crippen LogP contribution in [-0.4, -0.2) is 37.1 Å². The lowest BCUT2D eigenvalue weighted by molar-refractivity contribution is 0.0502. The Hall–Kier alpha value is -2.95. The number of rotatable bonds is 3. The zero-order chi connectivity index (χ0) is 17.4. The van der Waals surface area contributed by atoms with Gasteiger partial charge in [-0.2, -0.15) is 0 Å². The van der Waals surface area contributed by atoms with Crippen molar-refractivity contribution < 1.29 is 18.7 Å². The summed E-state index contributed by atoms with van der Waals surface area (Å²) in [6, 6.07) is 15.2. The summed E-state index contributed by atoms with van der Waals surface area (Å²) in [4.78, 5) is 14.4. The molecule has 1 aromatic heterocycles. The Bertz CT molecular complexity index is 930. The van der Waals surface area contributed by atoms with E-state index in [4.69, 9.17) is 13.9 Å². The normalized spacial score (nSPS) is 16.0. The summed E-state index contributed by atoms with van der Waals surface area (Å²) in [6.07, 6.45) is -0.214. The van der Waals surface area contributed by atoms with Gasteiger partial charge in [-0.3, -0.25) is 4.79 Å². The predicted octanol–water partition coefficient (Wildman–Crippen LogP) is 3.65. The molecule has 0 saturated carbocycles. The minimum Gasteiger partial charge on any atom is -0.486 e. The standard InChI is InChI=1S/C20H19NO4/c1-13-15-7-3-4-8-16(15)25-19(13)20(22)21(2)11-14-12-23-17-9-5-6-10-18(17)24-14/h3-10,14H,11-12H2,1-2H3/t14-/m0/s1. The molecule has 1 aliphatic rings. The van der Waals surface area contributed by atoms with Gasteiger partial charge < -0.3 is 18.8 Å². The van der Waals surface area contributed by atoms with Gasteiger partial charge in [-0.25, -0.2) is 0 Å². The molecule has 2 aromatic carbocycles. The Morgan fingerprint density at radius 2 is 1.84 bits per heavy atom. The summed E-state index contributed by atoms with van der Waals surface area (Å²) >= 11 is 0. The van der Waals surface area contributed by atoms with Crippen LogP contribution < -0.4 is 9.47 Å².